The number of benzene rings is 1. The van der Waals surface area contributed by atoms with Crippen molar-refractivity contribution in [3.05, 3.63) is 42.0 Å². The van der Waals surface area contributed by atoms with Gasteiger partial charge in [0.2, 0.25) is 0 Å². The molecule has 0 aromatic heterocycles. The van der Waals surface area contributed by atoms with Crippen LogP contribution < -0.4 is 4.74 Å². The number of imide groups is 1. The molecular formula is C19H18N2O5. The Bertz CT molecular complexity index is 784. The highest BCUT2D eigenvalue weighted by molar-refractivity contribution is 6.06. The van der Waals surface area contributed by atoms with Crippen LogP contribution in [0.3, 0.4) is 0 Å². The van der Waals surface area contributed by atoms with E-state index in [0.717, 1.165) is 11.4 Å². The molecule has 1 heterocycles. The van der Waals surface area contributed by atoms with E-state index >= 15 is 0 Å². The van der Waals surface area contributed by atoms with Gasteiger partial charge in [-0.2, -0.15) is 10.1 Å². The van der Waals surface area contributed by atoms with E-state index in [1.165, 1.54) is 13.3 Å². The van der Waals surface area contributed by atoms with Crippen molar-refractivity contribution < 1.29 is 23.9 Å². The monoisotopic (exact) mass is 354 g/mol. The molecule has 4 atom stereocenters. The predicted octanol–water partition coefficient (Wildman–Crippen LogP) is 1.38. The van der Waals surface area contributed by atoms with E-state index in [-0.39, 0.29) is 42.1 Å². The van der Waals surface area contributed by atoms with Gasteiger partial charge in [0.15, 0.2) is 6.61 Å². The second-order valence-electron chi connectivity index (χ2n) is 6.67. The van der Waals surface area contributed by atoms with E-state index in [1.807, 2.05) is 0 Å². The highest BCUT2D eigenvalue weighted by Crippen LogP contribution is 2.52. The average Bonchev–Trinajstić information content (AvgIpc) is 3.33. The van der Waals surface area contributed by atoms with Crippen LogP contribution in [0.4, 0.5) is 0 Å². The first-order valence-electron chi connectivity index (χ1n) is 8.48. The maximum absolute atomic E-state index is 12.5. The summed E-state index contributed by atoms with van der Waals surface area (Å²) < 4.78 is 9.77. The molecule has 3 aliphatic rings. The molecule has 0 radical (unpaired) electrons. The molecule has 4 rings (SSSR count). The molecule has 1 aromatic rings. The van der Waals surface area contributed by atoms with Crippen molar-refractivity contribution in [2.75, 3.05) is 13.7 Å². The highest BCUT2D eigenvalue weighted by Gasteiger charge is 2.59. The minimum Gasteiger partial charge on any atom is -0.482 e. The lowest BCUT2D eigenvalue weighted by Gasteiger charge is -2.13. The van der Waals surface area contributed by atoms with Crippen LogP contribution in [-0.2, 0) is 19.1 Å². The molecule has 134 valence electrons. The molecule has 1 aliphatic heterocycles. The zero-order valence-electron chi connectivity index (χ0n) is 14.2. The number of hydrogen-bond donors (Lipinski definition) is 0. The van der Waals surface area contributed by atoms with Crippen LogP contribution in [0.25, 0.3) is 0 Å². The Morgan fingerprint density at radius 3 is 2.35 bits per heavy atom. The third kappa shape index (κ3) is 2.69. The molecule has 2 aliphatic carbocycles. The van der Waals surface area contributed by atoms with Gasteiger partial charge in [0.05, 0.1) is 25.2 Å². The molecule has 1 aromatic carbocycles. The molecule has 1 saturated heterocycles. The molecule has 2 amide bonds. The van der Waals surface area contributed by atoms with Crippen molar-refractivity contribution >= 4 is 24.0 Å². The molecule has 7 nitrogen and oxygen atoms in total. The van der Waals surface area contributed by atoms with E-state index in [0.29, 0.717) is 11.3 Å². The minimum absolute atomic E-state index is 0.167. The van der Waals surface area contributed by atoms with Crippen molar-refractivity contribution in [3.8, 4) is 5.75 Å². The van der Waals surface area contributed by atoms with E-state index in [2.05, 4.69) is 22.0 Å². The fourth-order valence-corrected chi connectivity index (χ4v) is 3.98. The summed E-state index contributed by atoms with van der Waals surface area (Å²) in [6, 6.07) is 6.81. The lowest BCUT2D eigenvalue weighted by molar-refractivity contribution is -0.143. The first-order chi connectivity index (χ1) is 12.6. The van der Waals surface area contributed by atoms with Gasteiger partial charge in [0.1, 0.15) is 5.75 Å². The number of amides is 2. The topological polar surface area (TPSA) is 85.3 Å². The van der Waals surface area contributed by atoms with Crippen LogP contribution in [0.1, 0.15) is 12.0 Å². The number of methoxy groups -OCH3 is 1. The van der Waals surface area contributed by atoms with Crippen LogP contribution in [-0.4, -0.2) is 42.7 Å². The number of fused-ring (bicyclic) bond motifs is 5. The number of hydrazone groups is 1. The Morgan fingerprint density at radius 2 is 1.77 bits per heavy atom. The van der Waals surface area contributed by atoms with Crippen molar-refractivity contribution in [3.63, 3.8) is 0 Å². The van der Waals surface area contributed by atoms with Gasteiger partial charge >= 0.3 is 5.97 Å². The minimum atomic E-state index is -0.462. The summed E-state index contributed by atoms with van der Waals surface area (Å²) in [6.45, 7) is -0.167. The van der Waals surface area contributed by atoms with E-state index in [1.54, 1.807) is 24.3 Å². The summed E-state index contributed by atoms with van der Waals surface area (Å²) in [6.07, 6.45) is 6.49. The van der Waals surface area contributed by atoms with Gasteiger partial charge in [0.25, 0.3) is 11.8 Å². The number of carbonyl (C=O) groups excluding carboxylic acids is 3. The fraction of sp³-hybridized carbons (Fsp3) is 0.368. The van der Waals surface area contributed by atoms with E-state index in [4.69, 9.17) is 4.74 Å². The molecule has 2 fully saturated rings. The molecule has 26 heavy (non-hydrogen) atoms. The van der Waals surface area contributed by atoms with Gasteiger partial charge in [-0.25, -0.2) is 4.79 Å². The number of rotatable bonds is 5. The standard InChI is InChI=1S/C19H18N2O5/c1-25-15(22)10-26-14-6-2-11(3-7-14)9-20-21-18(23)16-12-4-5-13(8-12)17(16)19(21)24/h2-7,9,12-13,16-17H,8,10H2,1H3/b20-9+. The molecule has 0 spiro atoms. The molecule has 2 bridgehead atoms. The van der Waals surface area contributed by atoms with Crippen LogP contribution >= 0.6 is 0 Å². The Kier molecular flexibility index (Phi) is 4.06. The van der Waals surface area contributed by atoms with Crippen molar-refractivity contribution in [1.82, 2.24) is 5.01 Å². The Balaban J connectivity index is 1.41. The maximum atomic E-state index is 12.5. The predicted molar refractivity (Wildman–Crippen MR) is 91.1 cm³/mol. The van der Waals surface area contributed by atoms with Crippen LogP contribution in [0.2, 0.25) is 0 Å². The first kappa shape index (κ1) is 16.5. The van der Waals surface area contributed by atoms with Gasteiger partial charge in [-0.05, 0) is 48.1 Å². The number of esters is 1. The summed E-state index contributed by atoms with van der Waals surface area (Å²) in [5, 5.41) is 5.14. The van der Waals surface area contributed by atoms with Gasteiger partial charge < -0.3 is 9.47 Å². The Labute approximate surface area is 150 Å². The molecule has 1 saturated carbocycles. The zero-order valence-corrected chi connectivity index (χ0v) is 14.2. The quantitative estimate of drug-likeness (QED) is 0.345. The van der Waals surface area contributed by atoms with Crippen molar-refractivity contribution in [2.45, 2.75) is 6.42 Å². The van der Waals surface area contributed by atoms with Crippen LogP contribution in [0, 0.1) is 23.7 Å². The lowest BCUT2D eigenvalue weighted by Crippen LogP contribution is -2.28. The highest BCUT2D eigenvalue weighted by atomic mass is 16.6. The Morgan fingerprint density at radius 1 is 1.15 bits per heavy atom. The van der Waals surface area contributed by atoms with Gasteiger partial charge in [-0.1, -0.05) is 12.2 Å². The normalized spacial score (nSPS) is 28.9. The molecule has 0 N–H and O–H groups in total. The largest absolute Gasteiger partial charge is 0.482 e. The molecule has 4 unspecified atom stereocenters. The number of nitrogens with zero attached hydrogens (tertiary/aromatic N) is 2. The van der Waals surface area contributed by atoms with Crippen molar-refractivity contribution in [1.29, 1.82) is 0 Å². The average molecular weight is 354 g/mol. The third-order valence-electron chi connectivity index (χ3n) is 5.23. The lowest BCUT2D eigenvalue weighted by atomic mass is 9.85. The van der Waals surface area contributed by atoms with E-state index < -0.39 is 5.97 Å². The first-order valence-corrected chi connectivity index (χ1v) is 8.48. The van der Waals surface area contributed by atoms with Crippen LogP contribution in [0.5, 0.6) is 5.75 Å². The van der Waals surface area contributed by atoms with Crippen LogP contribution in [0.15, 0.2) is 41.5 Å². The molecular weight excluding hydrogens is 336 g/mol. The second kappa shape index (κ2) is 6.40. The number of carbonyl (C=O) groups is 3. The smallest absolute Gasteiger partial charge is 0.343 e. The Hall–Kier alpha value is -2.96. The second-order valence-corrected chi connectivity index (χ2v) is 6.67. The fourth-order valence-electron chi connectivity index (χ4n) is 3.98. The van der Waals surface area contributed by atoms with E-state index in [9.17, 15) is 14.4 Å². The van der Waals surface area contributed by atoms with Gasteiger partial charge in [-0.15, -0.1) is 0 Å². The third-order valence-corrected chi connectivity index (χ3v) is 5.23. The van der Waals surface area contributed by atoms with Gasteiger partial charge in [-0.3, -0.25) is 9.59 Å². The maximum Gasteiger partial charge on any atom is 0.343 e. The summed E-state index contributed by atoms with van der Waals surface area (Å²) in [5.74, 6) is -0.501. The summed E-state index contributed by atoms with van der Waals surface area (Å²) >= 11 is 0. The number of hydrogen-bond acceptors (Lipinski definition) is 6. The van der Waals surface area contributed by atoms with Crippen molar-refractivity contribution in [2.24, 2.45) is 28.8 Å². The summed E-state index contributed by atoms with van der Waals surface area (Å²) in [5.41, 5.74) is 0.717. The summed E-state index contributed by atoms with van der Waals surface area (Å²) in [7, 11) is 1.29. The molecule has 7 heteroatoms. The number of allylic oxidation sites excluding steroid dienone is 2. The SMILES string of the molecule is COC(=O)COc1ccc(/C=N/N2C(=O)C3C4C=CC(C4)C3C2=O)cc1. The van der Waals surface area contributed by atoms with Gasteiger partial charge in [0, 0.05) is 0 Å². The zero-order chi connectivity index (χ0) is 18.3. The summed E-state index contributed by atoms with van der Waals surface area (Å²) in [4.78, 5) is 36.1. The number of ether oxygens (including phenoxy) is 2.